The van der Waals surface area contributed by atoms with Crippen LogP contribution < -0.4 is 20.5 Å². The number of anilines is 2. The van der Waals surface area contributed by atoms with Crippen molar-refractivity contribution < 1.29 is 22.7 Å². The summed E-state index contributed by atoms with van der Waals surface area (Å²) in [6.07, 6.45) is 3.91. The van der Waals surface area contributed by atoms with Gasteiger partial charge in [-0.3, -0.25) is 14.3 Å². The third-order valence-corrected chi connectivity index (χ3v) is 7.72. The number of ether oxygens (including phenoxy) is 1. The molecule has 190 valence electrons. The number of aromatic nitrogens is 1. The SMILES string of the molecule is CC(C)C(=O)Nc1cc(C(=O)N2CCCC3(C[C@H]3Oc3cccc4c3C(N)=NS(=O)(=O)N4)C2)ccn1. The number of amides is 2. The number of carbonyl (C=O) groups excluding carboxylic acids is 2. The number of nitrogens with two attached hydrogens (primary N) is 1. The Kier molecular flexibility index (Phi) is 5.86. The van der Waals surface area contributed by atoms with Crippen LogP contribution in [0.3, 0.4) is 0 Å². The molecule has 1 unspecified atom stereocenters. The van der Waals surface area contributed by atoms with Gasteiger partial charge >= 0.3 is 10.2 Å². The first-order valence-electron chi connectivity index (χ1n) is 11.8. The van der Waals surface area contributed by atoms with Crippen molar-refractivity contribution in [2.75, 3.05) is 23.1 Å². The predicted molar refractivity (Wildman–Crippen MR) is 134 cm³/mol. The van der Waals surface area contributed by atoms with E-state index in [1.165, 1.54) is 6.20 Å². The van der Waals surface area contributed by atoms with E-state index in [0.29, 0.717) is 41.5 Å². The molecule has 2 atom stereocenters. The van der Waals surface area contributed by atoms with E-state index in [0.717, 1.165) is 19.3 Å². The molecular formula is C24H28N6O5S. The molecule has 1 aromatic carbocycles. The molecule has 2 aromatic rings. The summed E-state index contributed by atoms with van der Waals surface area (Å²) in [7, 11) is -3.87. The number of nitrogens with zero attached hydrogens (tertiary/aromatic N) is 3. The van der Waals surface area contributed by atoms with Gasteiger partial charge < -0.3 is 20.7 Å². The molecule has 36 heavy (non-hydrogen) atoms. The van der Waals surface area contributed by atoms with Crippen LogP contribution in [0.4, 0.5) is 11.5 Å². The van der Waals surface area contributed by atoms with Gasteiger partial charge in [-0.25, -0.2) is 4.98 Å². The summed E-state index contributed by atoms with van der Waals surface area (Å²) in [5, 5.41) is 2.73. The normalized spacial score (nSPS) is 23.9. The van der Waals surface area contributed by atoms with Crippen LogP contribution in [0.25, 0.3) is 0 Å². The number of hydrogen-bond donors (Lipinski definition) is 3. The van der Waals surface area contributed by atoms with Crippen molar-refractivity contribution >= 4 is 39.4 Å². The van der Waals surface area contributed by atoms with E-state index in [2.05, 4.69) is 19.4 Å². The van der Waals surface area contributed by atoms with E-state index in [-0.39, 0.29) is 35.1 Å². The van der Waals surface area contributed by atoms with Crippen molar-refractivity contribution in [1.82, 2.24) is 9.88 Å². The zero-order valence-corrected chi connectivity index (χ0v) is 20.8. The maximum Gasteiger partial charge on any atom is 0.344 e. The van der Waals surface area contributed by atoms with Crippen molar-refractivity contribution in [1.29, 1.82) is 0 Å². The molecule has 0 bridgehead atoms. The molecule has 0 radical (unpaired) electrons. The van der Waals surface area contributed by atoms with E-state index >= 15 is 0 Å². The minimum Gasteiger partial charge on any atom is -0.489 e. The number of carbonyl (C=O) groups is 2. The Balaban J connectivity index is 1.29. The molecule has 5 rings (SSSR count). The fraction of sp³-hybridized carbons (Fsp3) is 0.417. The minimum absolute atomic E-state index is 0.118. The van der Waals surface area contributed by atoms with Gasteiger partial charge in [-0.05, 0) is 43.5 Å². The average molecular weight is 513 g/mol. The third-order valence-electron chi connectivity index (χ3n) is 6.80. The molecule has 1 spiro atoms. The highest BCUT2D eigenvalue weighted by Crippen LogP contribution is 2.55. The lowest BCUT2D eigenvalue weighted by molar-refractivity contribution is -0.118. The van der Waals surface area contributed by atoms with Crippen molar-refractivity contribution in [3.05, 3.63) is 47.7 Å². The first-order valence-corrected chi connectivity index (χ1v) is 13.3. The fourth-order valence-electron chi connectivity index (χ4n) is 4.79. The van der Waals surface area contributed by atoms with Crippen molar-refractivity contribution in [2.24, 2.45) is 21.5 Å². The number of rotatable bonds is 5. The van der Waals surface area contributed by atoms with Crippen molar-refractivity contribution in [2.45, 2.75) is 39.2 Å². The molecule has 3 heterocycles. The summed E-state index contributed by atoms with van der Waals surface area (Å²) in [5.74, 6) is 0.210. The Morgan fingerprint density at radius 2 is 2.11 bits per heavy atom. The molecule has 2 amide bonds. The Morgan fingerprint density at radius 3 is 2.89 bits per heavy atom. The summed E-state index contributed by atoms with van der Waals surface area (Å²) in [5.41, 5.74) is 6.97. The second kappa shape index (κ2) is 8.77. The largest absolute Gasteiger partial charge is 0.489 e. The van der Waals surface area contributed by atoms with Gasteiger partial charge in [0.05, 0.1) is 11.3 Å². The lowest BCUT2D eigenvalue weighted by Gasteiger charge is -2.33. The second-order valence-electron chi connectivity index (χ2n) is 9.81. The van der Waals surface area contributed by atoms with Crippen LogP contribution in [0.15, 0.2) is 40.9 Å². The molecule has 1 saturated carbocycles. The second-order valence-corrected chi connectivity index (χ2v) is 11.1. The Hall–Kier alpha value is -3.67. The van der Waals surface area contributed by atoms with E-state index in [1.807, 2.05) is 4.90 Å². The molecule has 2 aliphatic heterocycles. The average Bonchev–Trinajstić information content (AvgIpc) is 3.47. The van der Waals surface area contributed by atoms with Crippen molar-refractivity contribution in [3.63, 3.8) is 0 Å². The zero-order valence-electron chi connectivity index (χ0n) is 20.0. The quantitative estimate of drug-likeness (QED) is 0.554. The Bertz CT molecular complexity index is 1370. The highest BCUT2D eigenvalue weighted by molar-refractivity contribution is 7.91. The van der Waals surface area contributed by atoms with E-state index in [1.54, 1.807) is 44.2 Å². The van der Waals surface area contributed by atoms with Crippen LogP contribution in [-0.2, 0) is 15.0 Å². The monoisotopic (exact) mass is 512 g/mol. The number of amidine groups is 1. The number of fused-ring (bicyclic) bond motifs is 1. The molecule has 12 heteroatoms. The summed E-state index contributed by atoms with van der Waals surface area (Å²) in [4.78, 5) is 31.3. The highest BCUT2D eigenvalue weighted by atomic mass is 32.2. The van der Waals surface area contributed by atoms with Crippen LogP contribution >= 0.6 is 0 Å². The molecule has 11 nitrogen and oxygen atoms in total. The number of benzene rings is 1. The standard InChI is InChI=1S/C24H28N6O5S/c1-14(2)22(31)27-19-11-15(7-9-26-19)23(32)30-10-4-8-24(13-30)12-18(24)35-17-6-3-5-16-20(17)21(25)29-36(33,34)28-16/h3,5-7,9,11,14,18,28H,4,8,10,12-13H2,1-2H3,(H2,25,29)(H,26,27,31)/t18-,24?/m1/s1. The molecular weight excluding hydrogens is 484 g/mol. The third kappa shape index (κ3) is 4.60. The van der Waals surface area contributed by atoms with E-state index in [4.69, 9.17) is 10.5 Å². The molecule has 1 aromatic heterocycles. The molecule has 1 aliphatic carbocycles. The van der Waals surface area contributed by atoms with Crippen LogP contribution in [-0.4, -0.2) is 55.1 Å². The van der Waals surface area contributed by atoms with Gasteiger partial charge in [-0.2, -0.15) is 8.42 Å². The van der Waals surface area contributed by atoms with Crippen molar-refractivity contribution in [3.8, 4) is 5.75 Å². The summed E-state index contributed by atoms with van der Waals surface area (Å²) in [6.45, 7) is 4.75. The first-order chi connectivity index (χ1) is 17.1. The smallest absolute Gasteiger partial charge is 0.344 e. The topological polar surface area (TPSA) is 156 Å². The molecule has 3 aliphatic rings. The van der Waals surface area contributed by atoms with Gasteiger partial charge in [-0.1, -0.05) is 19.9 Å². The van der Waals surface area contributed by atoms with Gasteiger partial charge in [0.25, 0.3) is 5.91 Å². The predicted octanol–water partition coefficient (Wildman–Crippen LogP) is 2.13. The van der Waals surface area contributed by atoms with Gasteiger partial charge in [0, 0.05) is 36.2 Å². The number of hydrogen-bond acceptors (Lipinski definition) is 7. The fourth-order valence-corrected chi connectivity index (χ4v) is 5.64. The lowest BCUT2D eigenvalue weighted by atomic mass is 9.94. The maximum atomic E-state index is 13.3. The van der Waals surface area contributed by atoms with Gasteiger partial charge in [0.1, 0.15) is 17.7 Å². The molecule has 1 saturated heterocycles. The zero-order chi connectivity index (χ0) is 25.7. The van der Waals surface area contributed by atoms with Gasteiger partial charge in [0.15, 0.2) is 5.84 Å². The summed E-state index contributed by atoms with van der Waals surface area (Å²) >= 11 is 0. The number of nitrogens with one attached hydrogen (secondary N) is 2. The van der Waals surface area contributed by atoms with E-state index in [9.17, 15) is 18.0 Å². The minimum atomic E-state index is -3.87. The van der Waals surface area contributed by atoms with E-state index < -0.39 is 10.2 Å². The lowest BCUT2D eigenvalue weighted by Crippen LogP contribution is -2.42. The number of pyridine rings is 1. The molecule has 2 fully saturated rings. The van der Waals surface area contributed by atoms with Crippen LogP contribution in [0.1, 0.15) is 49.0 Å². The summed E-state index contributed by atoms with van der Waals surface area (Å²) in [6, 6.07) is 8.29. The highest BCUT2D eigenvalue weighted by Gasteiger charge is 2.58. The van der Waals surface area contributed by atoms with Crippen LogP contribution in [0.2, 0.25) is 0 Å². The Morgan fingerprint density at radius 1 is 1.31 bits per heavy atom. The maximum absolute atomic E-state index is 13.3. The summed E-state index contributed by atoms with van der Waals surface area (Å²) < 4.78 is 35.9. The first kappa shape index (κ1) is 24.0. The van der Waals surface area contributed by atoms with Gasteiger partial charge in [-0.15, -0.1) is 4.40 Å². The van der Waals surface area contributed by atoms with Crippen LogP contribution in [0, 0.1) is 11.3 Å². The van der Waals surface area contributed by atoms with Gasteiger partial charge in [0.2, 0.25) is 5.91 Å². The molecule has 4 N–H and O–H groups in total. The number of piperidine rings is 1. The Labute approximate surface area is 209 Å². The number of likely N-dealkylation sites (tertiary alicyclic amines) is 1. The van der Waals surface area contributed by atoms with Crippen LogP contribution in [0.5, 0.6) is 5.75 Å².